The van der Waals surface area contributed by atoms with Gasteiger partial charge in [0, 0.05) is 29.6 Å². The Morgan fingerprint density at radius 3 is 2.74 bits per heavy atom. The van der Waals surface area contributed by atoms with E-state index in [0.29, 0.717) is 19.3 Å². The Morgan fingerprint density at radius 2 is 1.96 bits per heavy atom. The molecular formula is C22H31N3O2. The highest BCUT2D eigenvalue weighted by Crippen LogP contribution is 2.35. The normalized spacial score (nSPS) is 17.0. The summed E-state index contributed by atoms with van der Waals surface area (Å²) in [7, 11) is 0. The van der Waals surface area contributed by atoms with Crippen molar-refractivity contribution in [2.75, 3.05) is 31.6 Å². The van der Waals surface area contributed by atoms with Crippen molar-refractivity contribution in [3.8, 4) is 5.75 Å². The minimum absolute atomic E-state index is 0.339. The maximum atomic E-state index is 6.13. The lowest BCUT2D eigenvalue weighted by Gasteiger charge is -2.17. The summed E-state index contributed by atoms with van der Waals surface area (Å²) >= 11 is 0. The fraction of sp³-hybridized carbons (Fsp3) is 0.591. The van der Waals surface area contributed by atoms with Gasteiger partial charge in [0.2, 0.25) is 0 Å². The molecule has 5 nitrogen and oxygen atoms in total. The van der Waals surface area contributed by atoms with E-state index in [2.05, 4.69) is 43.1 Å². The van der Waals surface area contributed by atoms with Gasteiger partial charge in [-0.2, -0.15) is 0 Å². The van der Waals surface area contributed by atoms with Crippen LogP contribution in [0, 0.1) is 6.92 Å². The number of nitrogens with one attached hydrogen (secondary N) is 1. The number of fused-ring (bicyclic) bond motifs is 3. The lowest BCUT2D eigenvalue weighted by molar-refractivity contribution is 0.135. The van der Waals surface area contributed by atoms with Crippen molar-refractivity contribution in [1.29, 1.82) is 0 Å². The van der Waals surface area contributed by atoms with Crippen LogP contribution >= 0.6 is 0 Å². The molecule has 1 saturated heterocycles. The van der Waals surface area contributed by atoms with E-state index in [1.807, 2.05) is 0 Å². The van der Waals surface area contributed by atoms with Crippen LogP contribution in [0.1, 0.15) is 49.8 Å². The topological polar surface area (TPSA) is 46.6 Å². The van der Waals surface area contributed by atoms with Gasteiger partial charge >= 0.3 is 0 Å². The molecule has 0 bridgehead atoms. The SMILES string of the molecule is Cc1cc2c3c(c(NC(C)C)nc2cc1OCCCN1CCCC1)COC3. The van der Waals surface area contributed by atoms with Crippen LogP contribution in [-0.2, 0) is 18.0 Å². The molecule has 2 aromatic rings. The molecule has 0 unspecified atom stereocenters. The standard InChI is InChI=1S/C22H31N3O2/c1-15(2)23-22-19-14-26-13-18(19)17-11-16(3)21(12-20(17)24-22)27-10-6-9-25-7-4-5-8-25/h11-12,15H,4-10,13-14H2,1-3H3,(H,23,24). The van der Waals surface area contributed by atoms with E-state index in [9.17, 15) is 0 Å². The summed E-state index contributed by atoms with van der Waals surface area (Å²) in [6.07, 6.45) is 3.76. The van der Waals surface area contributed by atoms with Crippen molar-refractivity contribution in [1.82, 2.24) is 9.88 Å². The quantitative estimate of drug-likeness (QED) is 0.739. The minimum Gasteiger partial charge on any atom is -0.493 e. The van der Waals surface area contributed by atoms with Crippen molar-refractivity contribution in [2.45, 2.75) is 59.3 Å². The fourth-order valence-electron chi connectivity index (χ4n) is 4.11. The van der Waals surface area contributed by atoms with E-state index >= 15 is 0 Å². The van der Waals surface area contributed by atoms with Crippen LogP contribution in [-0.4, -0.2) is 42.2 Å². The van der Waals surface area contributed by atoms with Crippen LogP contribution in [0.25, 0.3) is 10.9 Å². The second-order valence-corrected chi connectivity index (χ2v) is 8.09. The zero-order chi connectivity index (χ0) is 18.8. The number of anilines is 1. The number of ether oxygens (including phenoxy) is 2. The molecule has 27 heavy (non-hydrogen) atoms. The van der Waals surface area contributed by atoms with Gasteiger partial charge in [0.05, 0.1) is 25.3 Å². The molecule has 1 aromatic heterocycles. The summed E-state index contributed by atoms with van der Waals surface area (Å²) < 4.78 is 11.9. The summed E-state index contributed by atoms with van der Waals surface area (Å²) in [5.74, 6) is 1.90. The van der Waals surface area contributed by atoms with Gasteiger partial charge in [-0.3, -0.25) is 0 Å². The lowest BCUT2D eigenvalue weighted by atomic mass is 10.0. The smallest absolute Gasteiger partial charge is 0.132 e. The molecule has 0 spiro atoms. The number of nitrogens with zero attached hydrogens (tertiary/aromatic N) is 2. The Hall–Kier alpha value is -1.85. The fourth-order valence-corrected chi connectivity index (χ4v) is 4.11. The maximum absolute atomic E-state index is 6.13. The Bertz CT molecular complexity index is 813. The highest BCUT2D eigenvalue weighted by atomic mass is 16.5. The maximum Gasteiger partial charge on any atom is 0.132 e. The van der Waals surface area contributed by atoms with Gasteiger partial charge in [-0.05, 0) is 70.3 Å². The van der Waals surface area contributed by atoms with Gasteiger partial charge in [0.25, 0.3) is 0 Å². The number of hydrogen-bond donors (Lipinski definition) is 1. The number of aromatic nitrogens is 1. The van der Waals surface area contributed by atoms with Crippen LogP contribution in [0.2, 0.25) is 0 Å². The van der Waals surface area contributed by atoms with Crippen LogP contribution in [0.4, 0.5) is 5.82 Å². The molecule has 2 aliphatic rings. The number of hydrogen-bond acceptors (Lipinski definition) is 5. The second kappa shape index (κ2) is 8.03. The predicted octanol–water partition coefficient (Wildman–Crippen LogP) is 4.26. The van der Waals surface area contributed by atoms with Crippen molar-refractivity contribution in [3.63, 3.8) is 0 Å². The summed E-state index contributed by atoms with van der Waals surface area (Å²) in [6, 6.07) is 4.65. The van der Waals surface area contributed by atoms with Crippen molar-refractivity contribution in [3.05, 3.63) is 28.8 Å². The summed E-state index contributed by atoms with van der Waals surface area (Å²) in [5, 5.41) is 4.67. The molecule has 0 amide bonds. The van der Waals surface area contributed by atoms with E-state index in [1.54, 1.807) is 0 Å². The Kier molecular flexibility index (Phi) is 5.50. The molecule has 5 heteroatoms. The molecule has 0 atom stereocenters. The molecule has 0 aliphatic carbocycles. The van der Waals surface area contributed by atoms with Crippen molar-refractivity contribution < 1.29 is 9.47 Å². The third-order valence-corrected chi connectivity index (χ3v) is 5.49. The highest BCUT2D eigenvalue weighted by Gasteiger charge is 2.22. The van der Waals surface area contributed by atoms with Crippen LogP contribution in [0.5, 0.6) is 5.75 Å². The first-order valence-corrected chi connectivity index (χ1v) is 10.3. The van der Waals surface area contributed by atoms with E-state index in [4.69, 9.17) is 14.5 Å². The molecule has 1 fully saturated rings. The summed E-state index contributed by atoms with van der Waals surface area (Å²) in [5.41, 5.74) is 4.63. The molecule has 0 radical (unpaired) electrons. The monoisotopic (exact) mass is 369 g/mol. The van der Waals surface area contributed by atoms with E-state index < -0.39 is 0 Å². The molecule has 1 N–H and O–H groups in total. The van der Waals surface area contributed by atoms with E-state index in [1.165, 1.54) is 48.0 Å². The van der Waals surface area contributed by atoms with Gasteiger partial charge in [-0.1, -0.05) is 0 Å². The zero-order valence-corrected chi connectivity index (χ0v) is 16.8. The number of pyridine rings is 1. The van der Waals surface area contributed by atoms with Crippen LogP contribution in [0.3, 0.4) is 0 Å². The minimum atomic E-state index is 0.339. The third-order valence-electron chi connectivity index (χ3n) is 5.49. The van der Waals surface area contributed by atoms with Crippen molar-refractivity contribution in [2.24, 2.45) is 0 Å². The van der Waals surface area contributed by atoms with Gasteiger partial charge in [0.15, 0.2) is 0 Å². The first-order valence-electron chi connectivity index (χ1n) is 10.3. The second-order valence-electron chi connectivity index (χ2n) is 8.09. The number of rotatable bonds is 7. The van der Waals surface area contributed by atoms with Crippen LogP contribution < -0.4 is 10.1 Å². The summed E-state index contributed by atoms with van der Waals surface area (Å²) in [4.78, 5) is 7.43. The predicted molar refractivity (Wildman–Crippen MR) is 110 cm³/mol. The average molecular weight is 370 g/mol. The highest BCUT2D eigenvalue weighted by molar-refractivity contribution is 5.88. The molecule has 4 rings (SSSR count). The Labute approximate surface area is 162 Å². The third kappa shape index (κ3) is 4.04. The van der Waals surface area contributed by atoms with E-state index in [0.717, 1.165) is 36.7 Å². The number of aryl methyl sites for hydroxylation is 1. The molecule has 3 heterocycles. The number of likely N-dealkylation sites (tertiary alicyclic amines) is 1. The van der Waals surface area contributed by atoms with Gasteiger partial charge < -0.3 is 19.7 Å². The molecule has 0 saturated carbocycles. The average Bonchev–Trinajstić information content (AvgIpc) is 3.31. The van der Waals surface area contributed by atoms with Gasteiger partial charge in [0.1, 0.15) is 11.6 Å². The van der Waals surface area contributed by atoms with Gasteiger partial charge in [-0.15, -0.1) is 0 Å². The van der Waals surface area contributed by atoms with E-state index in [-0.39, 0.29) is 0 Å². The number of benzene rings is 1. The zero-order valence-electron chi connectivity index (χ0n) is 16.8. The first kappa shape index (κ1) is 18.5. The first-order chi connectivity index (χ1) is 13.1. The van der Waals surface area contributed by atoms with Gasteiger partial charge in [-0.25, -0.2) is 4.98 Å². The van der Waals surface area contributed by atoms with Crippen molar-refractivity contribution >= 4 is 16.7 Å². The largest absolute Gasteiger partial charge is 0.493 e. The molecule has 1 aromatic carbocycles. The summed E-state index contributed by atoms with van der Waals surface area (Å²) in [6.45, 7) is 12.1. The molecule has 146 valence electrons. The Morgan fingerprint density at radius 1 is 1.19 bits per heavy atom. The Balaban J connectivity index is 1.53. The lowest BCUT2D eigenvalue weighted by Crippen LogP contribution is -2.22. The van der Waals surface area contributed by atoms with Crippen LogP contribution in [0.15, 0.2) is 12.1 Å². The molecule has 2 aliphatic heterocycles. The molecular weight excluding hydrogens is 338 g/mol.